The third-order valence-electron chi connectivity index (χ3n) is 9.22. The van der Waals surface area contributed by atoms with Crippen LogP contribution in [0.15, 0.2) is 101 Å². The molecule has 0 saturated carbocycles. The maximum Gasteiger partial charge on any atom is 0.305 e. The molecule has 0 radical (unpaired) electrons. The number of carbonyl (C=O) groups excluding carboxylic acids is 1. The average Bonchev–Trinajstić information content (AvgIpc) is 3.84. The molecule has 2 heterocycles. The van der Waals surface area contributed by atoms with Gasteiger partial charge in [-0.1, -0.05) is 45.8 Å². The lowest BCUT2D eigenvalue weighted by atomic mass is 10.1. The number of aryl methyl sites for hydroxylation is 2. The summed E-state index contributed by atoms with van der Waals surface area (Å²) in [7, 11) is -2.74. The highest BCUT2D eigenvalue weighted by Crippen LogP contribution is 2.39. The van der Waals surface area contributed by atoms with E-state index in [2.05, 4.69) is 30.6 Å². The van der Waals surface area contributed by atoms with E-state index < -0.39 is 43.8 Å². The van der Waals surface area contributed by atoms with E-state index in [1.54, 1.807) is 36.2 Å². The Labute approximate surface area is 352 Å². The standard InChI is InChI=1S/C42H43BrF2N4O6S3/c1-26-11-14-30(15-12-26)58(52,53)49-19-17-31-32(18-21-56-20-7-10-38(50)54-5)40(35(45)24-37(31)49)55-29-13-16-34(44)33(23-29)41-46-25-36(47-41)39(48-57(51)42(2,3)4)27-8-6-9-28(43)22-27/h6,8-9,11-17,19,22-25,39,48H,7,10,18,20-21H2,1-5H3,(H,46,47)/t39-,57-/m1/s1. The summed E-state index contributed by atoms with van der Waals surface area (Å²) in [5, 5.41) is 0.471. The zero-order chi connectivity index (χ0) is 41.8. The molecule has 16 heteroatoms. The Morgan fingerprint density at radius 1 is 1.05 bits per heavy atom. The monoisotopic (exact) mass is 912 g/mol. The second-order valence-electron chi connectivity index (χ2n) is 14.5. The number of aromatic amines is 1. The van der Waals surface area contributed by atoms with Crippen LogP contribution >= 0.6 is 27.7 Å². The van der Waals surface area contributed by atoms with Crippen LogP contribution < -0.4 is 9.46 Å². The first-order valence-corrected chi connectivity index (χ1v) is 22.9. The van der Waals surface area contributed by atoms with E-state index in [1.807, 2.05) is 52.0 Å². The number of aromatic nitrogens is 3. The van der Waals surface area contributed by atoms with Crippen molar-refractivity contribution in [3.8, 4) is 22.9 Å². The van der Waals surface area contributed by atoms with Crippen molar-refractivity contribution in [2.45, 2.75) is 62.6 Å². The van der Waals surface area contributed by atoms with Crippen LogP contribution in [0, 0.1) is 18.6 Å². The normalized spacial score (nSPS) is 13.1. The number of thioether (sulfide) groups is 1. The molecule has 0 fully saturated rings. The lowest BCUT2D eigenvalue weighted by molar-refractivity contribution is -0.140. The Morgan fingerprint density at radius 2 is 1.81 bits per heavy atom. The molecule has 0 aliphatic carbocycles. The minimum absolute atomic E-state index is 0.0493. The number of rotatable bonds is 16. The molecule has 0 bridgehead atoms. The van der Waals surface area contributed by atoms with E-state index in [0.717, 1.165) is 25.6 Å². The molecule has 0 spiro atoms. The van der Waals surface area contributed by atoms with E-state index in [4.69, 9.17) is 9.47 Å². The highest BCUT2D eigenvalue weighted by atomic mass is 79.9. The molecule has 6 aromatic rings. The number of benzene rings is 4. The van der Waals surface area contributed by atoms with Crippen molar-refractivity contribution < 1.29 is 36.0 Å². The molecule has 10 nitrogen and oxygen atoms in total. The summed E-state index contributed by atoms with van der Waals surface area (Å²) in [5.41, 5.74) is 2.83. The summed E-state index contributed by atoms with van der Waals surface area (Å²) in [5.74, 6) is -0.432. The van der Waals surface area contributed by atoms with Crippen LogP contribution in [0.25, 0.3) is 22.3 Å². The topological polar surface area (TPSA) is 138 Å². The lowest BCUT2D eigenvalue weighted by Crippen LogP contribution is -2.41. The summed E-state index contributed by atoms with van der Waals surface area (Å²) in [6.07, 6.45) is 4.09. The predicted octanol–water partition coefficient (Wildman–Crippen LogP) is 9.78. The second kappa shape index (κ2) is 18.4. The Bertz CT molecular complexity index is 2520. The van der Waals surface area contributed by atoms with Crippen LogP contribution in [0.3, 0.4) is 0 Å². The van der Waals surface area contributed by atoms with Gasteiger partial charge in [0.05, 0.1) is 35.0 Å². The largest absolute Gasteiger partial charge is 0.598 e. The van der Waals surface area contributed by atoms with Gasteiger partial charge in [0.1, 0.15) is 28.2 Å². The number of halogens is 3. The molecular formula is C42H43BrF2N4O6S3. The highest BCUT2D eigenvalue weighted by Gasteiger charge is 2.32. The van der Waals surface area contributed by atoms with Gasteiger partial charge in [-0.25, -0.2) is 26.2 Å². The number of nitrogens with zero attached hydrogens (tertiary/aromatic N) is 2. The summed E-state index contributed by atoms with van der Waals surface area (Å²) >= 11 is 3.58. The Hall–Kier alpha value is -4.19. The van der Waals surface area contributed by atoms with Crippen molar-refractivity contribution in [3.63, 3.8) is 0 Å². The predicted molar refractivity (Wildman–Crippen MR) is 229 cm³/mol. The Morgan fingerprint density at radius 3 is 2.52 bits per heavy atom. The maximum absolute atomic E-state index is 16.4. The van der Waals surface area contributed by atoms with Crippen LogP contribution in [0.4, 0.5) is 8.78 Å². The van der Waals surface area contributed by atoms with Crippen LogP contribution in [-0.4, -0.2) is 56.2 Å². The first-order valence-electron chi connectivity index (χ1n) is 18.3. The molecule has 0 amide bonds. The number of methoxy groups -OCH3 is 1. The molecule has 0 aliphatic rings. The van der Waals surface area contributed by atoms with Gasteiger partial charge in [0.2, 0.25) is 0 Å². The molecule has 58 heavy (non-hydrogen) atoms. The number of hydrogen-bond acceptors (Lipinski definition) is 9. The lowest BCUT2D eigenvalue weighted by Gasteiger charge is -2.27. The van der Waals surface area contributed by atoms with Crippen molar-refractivity contribution in [2.75, 3.05) is 18.6 Å². The first kappa shape index (κ1) is 43.4. The van der Waals surface area contributed by atoms with Gasteiger partial charge in [0.25, 0.3) is 10.0 Å². The first-order chi connectivity index (χ1) is 27.6. The minimum atomic E-state index is -4.08. The number of ether oxygens (including phenoxy) is 2. The van der Waals surface area contributed by atoms with Crippen molar-refractivity contribution in [1.82, 2.24) is 18.7 Å². The van der Waals surface area contributed by atoms with Crippen LogP contribution in [0.5, 0.6) is 11.5 Å². The number of carbonyl (C=O) groups is 1. The summed E-state index contributed by atoms with van der Waals surface area (Å²) in [4.78, 5) is 19.3. The van der Waals surface area contributed by atoms with Gasteiger partial charge in [0, 0.05) is 45.5 Å². The highest BCUT2D eigenvalue weighted by molar-refractivity contribution is 9.10. The van der Waals surface area contributed by atoms with Crippen molar-refractivity contribution in [2.24, 2.45) is 0 Å². The third-order valence-corrected chi connectivity index (χ3v) is 14.1. The fraction of sp³-hybridized carbons (Fsp3) is 0.286. The zero-order valence-corrected chi connectivity index (χ0v) is 36.5. The average molecular weight is 914 g/mol. The molecule has 2 N–H and O–H groups in total. The fourth-order valence-electron chi connectivity index (χ4n) is 6.13. The number of imidazole rings is 1. The number of fused-ring (bicyclic) bond motifs is 1. The van der Waals surface area contributed by atoms with Gasteiger partial charge in [-0.3, -0.25) is 4.79 Å². The second-order valence-corrected chi connectivity index (χ2v) is 20.4. The van der Waals surface area contributed by atoms with Crippen LogP contribution in [0.1, 0.15) is 62.0 Å². The molecule has 6 rings (SSSR count). The number of esters is 1. The Kier molecular flexibility index (Phi) is 13.8. The molecule has 306 valence electrons. The van der Waals surface area contributed by atoms with Gasteiger partial charge in [-0.15, -0.1) is 4.72 Å². The van der Waals surface area contributed by atoms with E-state index in [-0.39, 0.29) is 52.1 Å². The van der Waals surface area contributed by atoms with Gasteiger partial charge < -0.3 is 19.0 Å². The quantitative estimate of drug-likeness (QED) is 0.0552. The van der Waals surface area contributed by atoms with Crippen molar-refractivity contribution in [3.05, 3.63) is 130 Å². The number of nitrogens with one attached hydrogen (secondary N) is 2. The third kappa shape index (κ3) is 9.97. The van der Waals surface area contributed by atoms with Gasteiger partial charge in [0.15, 0.2) is 11.6 Å². The summed E-state index contributed by atoms with van der Waals surface area (Å²) < 4.78 is 88.2. The minimum Gasteiger partial charge on any atom is -0.598 e. The molecular weight excluding hydrogens is 871 g/mol. The van der Waals surface area contributed by atoms with E-state index in [9.17, 15) is 17.8 Å². The molecule has 2 aromatic heterocycles. The fourth-order valence-corrected chi connectivity index (χ4v) is 9.62. The molecule has 0 unspecified atom stereocenters. The molecule has 0 aliphatic heterocycles. The van der Waals surface area contributed by atoms with Crippen molar-refractivity contribution >= 4 is 65.9 Å². The number of hydrogen-bond donors (Lipinski definition) is 2. The smallest absolute Gasteiger partial charge is 0.305 e. The van der Waals surface area contributed by atoms with E-state index >= 15 is 8.78 Å². The van der Waals surface area contributed by atoms with Crippen LogP contribution in [0.2, 0.25) is 0 Å². The van der Waals surface area contributed by atoms with E-state index in [1.165, 1.54) is 43.6 Å². The van der Waals surface area contributed by atoms with E-state index in [0.29, 0.717) is 34.6 Å². The molecule has 4 aromatic carbocycles. The zero-order valence-electron chi connectivity index (χ0n) is 32.5. The van der Waals surface area contributed by atoms with Gasteiger partial charge >= 0.3 is 5.97 Å². The van der Waals surface area contributed by atoms with Crippen molar-refractivity contribution in [1.29, 1.82) is 0 Å². The number of H-pyrrole nitrogens is 1. The Balaban J connectivity index is 1.35. The maximum atomic E-state index is 16.4. The summed E-state index contributed by atoms with van der Waals surface area (Å²) in [6.45, 7) is 7.42. The molecule has 0 saturated heterocycles. The van der Waals surface area contributed by atoms with Gasteiger partial charge in [-0.2, -0.15) is 11.8 Å². The van der Waals surface area contributed by atoms with Gasteiger partial charge in [-0.05, 0) is 106 Å². The molecule has 2 atom stereocenters. The van der Waals surface area contributed by atoms with Crippen LogP contribution in [-0.2, 0) is 37.3 Å². The SMILES string of the molecule is COC(=O)CCCSCCc1c(Oc2ccc(F)c(-c3ncc([C@H](N[S@+]([O-])C(C)(C)C)c4cccc(Br)c4)[nH]3)c2)c(F)cc2c1ccn2S(=O)(=O)c1ccc(C)cc1. The summed E-state index contributed by atoms with van der Waals surface area (Å²) in [6, 6.07) is 20.1.